The van der Waals surface area contributed by atoms with Crippen molar-refractivity contribution in [3.8, 4) is 6.07 Å². The fourth-order valence-electron chi connectivity index (χ4n) is 3.39. The van der Waals surface area contributed by atoms with E-state index in [4.69, 9.17) is 5.26 Å². The minimum atomic E-state index is -0.696. The molecule has 1 saturated heterocycles. The molecule has 28 heavy (non-hydrogen) atoms. The van der Waals surface area contributed by atoms with E-state index in [2.05, 4.69) is 20.8 Å². The first-order chi connectivity index (χ1) is 13.5. The number of anilines is 1. The van der Waals surface area contributed by atoms with Crippen molar-refractivity contribution in [1.82, 2.24) is 20.4 Å². The lowest BCUT2D eigenvalue weighted by atomic mass is 10.0. The molecule has 1 aromatic heterocycles. The van der Waals surface area contributed by atoms with Gasteiger partial charge in [-0.2, -0.15) is 10.4 Å². The minimum absolute atomic E-state index is 0.0456. The second kappa shape index (κ2) is 6.62. The van der Waals surface area contributed by atoms with Crippen LogP contribution in [0.4, 0.5) is 5.69 Å². The average Bonchev–Trinajstić information content (AvgIpc) is 3.26. The number of hydrogen-bond acceptors (Lipinski definition) is 6. The molecule has 2 aromatic rings. The molecule has 140 valence electrons. The number of benzene rings is 1. The van der Waals surface area contributed by atoms with Gasteiger partial charge in [0.25, 0.3) is 11.8 Å². The fourth-order valence-corrected chi connectivity index (χ4v) is 3.39. The van der Waals surface area contributed by atoms with Crippen LogP contribution >= 0.6 is 0 Å². The maximum Gasteiger partial charge on any atom is 0.275 e. The summed E-state index contributed by atoms with van der Waals surface area (Å²) in [6.45, 7) is 0.206. The van der Waals surface area contributed by atoms with Crippen molar-refractivity contribution < 1.29 is 19.2 Å². The SMILES string of the molecule is N#Cc1cn[nH]c1C(=O)Nc1ccc2c(c1)CN(C1CCC(=O)NC1=O)C2=O. The highest BCUT2D eigenvalue weighted by atomic mass is 16.2. The summed E-state index contributed by atoms with van der Waals surface area (Å²) in [5.41, 5.74) is 1.72. The molecule has 0 saturated carbocycles. The van der Waals surface area contributed by atoms with Gasteiger partial charge in [-0.1, -0.05) is 0 Å². The van der Waals surface area contributed by atoms with Gasteiger partial charge in [0.1, 0.15) is 23.4 Å². The van der Waals surface area contributed by atoms with E-state index in [1.807, 2.05) is 6.07 Å². The zero-order valence-corrected chi connectivity index (χ0v) is 14.5. The molecular weight excluding hydrogens is 364 g/mol. The Labute approximate surface area is 158 Å². The minimum Gasteiger partial charge on any atom is -0.322 e. The Hall–Kier alpha value is -4.00. The Morgan fingerprint density at radius 1 is 1.32 bits per heavy atom. The number of nitrogens with one attached hydrogen (secondary N) is 3. The summed E-state index contributed by atoms with van der Waals surface area (Å²) in [5, 5.41) is 20.0. The highest BCUT2D eigenvalue weighted by molar-refractivity contribution is 6.07. The maximum atomic E-state index is 12.7. The molecule has 1 atom stereocenters. The Morgan fingerprint density at radius 2 is 2.14 bits per heavy atom. The predicted octanol–water partition coefficient (Wildman–Crippen LogP) is 0.295. The highest BCUT2D eigenvalue weighted by Crippen LogP contribution is 2.29. The summed E-state index contributed by atoms with van der Waals surface area (Å²) in [7, 11) is 0. The quantitative estimate of drug-likeness (QED) is 0.654. The lowest BCUT2D eigenvalue weighted by Gasteiger charge is -2.29. The van der Waals surface area contributed by atoms with Gasteiger partial charge >= 0.3 is 0 Å². The Bertz CT molecular complexity index is 1070. The average molecular weight is 378 g/mol. The summed E-state index contributed by atoms with van der Waals surface area (Å²) >= 11 is 0. The van der Waals surface area contributed by atoms with E-state index < -0.39 is 17.9 Å². The molecule has 0 radical (unpaired) electrons. The van der Waals surface area contributed by atoms with Gasteiger partial charge in [-0.3, -0.25) is 29.6 Å². The van der Waals surface area contributed by atoms with Crippen molar-refractivity contribution in [3.05, 3.63) is 46.8 Å². The van der Waals surface area contributed by atoms with Crippen molar-refractivity contribution in [3.63, 3.8) is 0 Å². The van der Waals surface area contributed by atoms with Crippen molar-refractivity contribution in [2.75, 3.05) is 5.32 Å². The van der Waals surface area contributed by atoms with E-state index in [1.54, 1.807) is 18.2 Å². The number of nitriles is 1. The van der Waals surface area contributed by atoms with E-state index in [9.17, 15) is 19.2 Å². The first-order valence-corrected chi connectivity index (χ1v) is 8.50. The number of aromatic nitrogens is 2. The van der Waals surface area contributed by atoms with Gasteiger partial charge in [-0.15, -0.1) is 0 Å². The smallest absolute Gasteiger partial charge is 0.275 e. The lowest BCUT2D eigenvalue weighted by Crippen LogP contribution is -2.52. The maximum absolute atomic E-state index is 12.7. The summed E-state index contributed by atoms with van der Waals surface area (Å²) in [5.74, 6) is -1.64. The molecule has 0 spiro atoms. The number of hydrogen-bond donors (Lipinski definition) is 3. The largest absolute Gasteiger partial charge is 0.322 e. The fraction of sp³-hybridized carbons (Fsp3) is 0.222. The van der Waals surface area contributed by atoms with Gasteiger partial charge in [0, 0.05) is 24.2 Å². The van der Waals surface area contributed by atoms with Crippen LogP contribution < -0.4 is 10.6 Å². The van der Waals surface area contributed by atoms with Crippen LogP contribution in [0.5, 0.6) is 0 Å². The van der Waals surface area contributed by atoms with Crippen molar-refractivity contribution in [2.45, 2.75) is 25.4 Å². The third-order valence-electron chi connectivity index (χ3n) is 4.77. The Morgan fingerprint density at radius 3 is 2.89 bits per heavy atom. The molecule has 0 aliphatic carbocycles. The normalized spacial score (nSPS) is 18.5. The van der Waals surface area contributed by atoms with E-state index in [-0.39, 0.29) is 42.5 Å². The molecule has 2 aliphatic rings. The molecule has 1 aromatic carbocycles. The van der Waals surface area contributed by atoms with Crippen LogP contribution in [0.1, 0.15) is 44.8 Å². The molecule has 4 rings (SSSR count). The van der Waals surface area contributed by atoms with Crippen LogP contribution in [0.2, 0.25) is 0 Å². The molecule has 10 heteroatoms. The summed E-state index contributed by atoms with van der Waals surface area (Å²) in [6, 6.07) is 5.98. The van der Waals surface area contributed by atoms with Gasteiger partial charge in [-0.25, -0.2) is 0 Å². The zero-order chi connectivity index (χ0) is 19.8. The Balaban J connectivity index is 1.53. The van der Waals surface area contributed by atoms with Gasteiger partial charge in [0.15, 0.2) is 0 Å². The molecule has 10 nitrogen and oxygen atoms in total. The first kappa shape index (κ1) is 17.4. The Kier molecular flexibility index (Phi) is 4.12. The summed E-state index contributed by atoms with van der Waals surface area (Å²) in [6.07, 6.45) is 1.72. The van der Waals surface area contributed by atoms with Crippen LogP contribution in [-0.4, -0.2) is 44.8 Å². The number of H-pyrrole nitrogens is 1. The van der Waals surface area contributed by atoms with Gasteiger partial charge in [0.05, 0.1) is 6.20 Å². The molecule has 1 fully saturated rings. The van der Waals surface area contributed by atoms with Crippen molar-refractivity contribution in [1.29, 1.82) is 5.26 Å². The summed E-state index contributed by atoms with van der Waals surface area (Å²) in [4.78, 5) is 49.8. The first-order valence-electron chi connectivity index (χ1n) is 8.50. The monoisotopic (exact) mass is 378 g/mol. The molecule has 1 unspecified atom stereocenters. The van der Waals surface area contributed by atoms with E-state index in [0.717, 1.165) is 0 Å². The molecule has 0 bridgehead atoms. The number of imide groups is 1. The number of carbonyl (C=O) groups excluding carboxylic acids is 4. The number of piperidine rings is 1. The van der Waals surface area contributed by atoms with Gasteiger partial charge in [-0.05, 0) is 30.2 Å². The molecular formula is C18H14N6O4. The number of aromatic amines is 1. The third kappa shape index (κ3) is 2.88. The van der Waals surface area contributed by atoms with E-state index in [1.165, 1.54) is 11.1 Å². The van der Waals surface area contributed by atoms with Crippen LogP contribution in [0.25, 0.3) is 0 Å². The van der Waals surface area contributed by atoms with Crippen LogP contribution in [0.3, 0.4) is 0 Å². The molecule has 3 heterocycles. The molecule has 4 amide bonds. The van der Waals surface area contributed by atoms with Crippen LogP contribution in [0.15, 0.2) is 24.4 Å². The number of carbonyl (C=O) groups is 4. The second-order valence-corrected chi connectivity index (χ2v) is 6.50. The zero-order valence-electron chi connectivity index (χ0n) is 14.5. The van der Waals surface area contributed by atoms with Crippen molar-refractivity contribution in [2.24, 2.45) is 0 Å². The molecule has 2 aliphatic heterocycles. The number of rotatable bonds is 3. The second-order valence-electron chi connectivity index (χ2n) is 6.50. The number of amides is 4. The van der Waals surface area contributed by atoms with Gasteiger partial charge < -0.3 is 10.2 Å². The lowest BCUT2D eigenvalue weighted by molar-refractivity contribution is -0.136. The topological polar surface area (TPSA) is 148 Å². The van der Waals surface area contributed by atoms with Crippen molar-refractivity contribution >= 4 is 29.3 Å². The predicted molar refractivity (Wildman–Crippen MR) is 93.7 cm³/mol. The highest BCUT2D eigenvalue weighted by Gasteiger charge is 2.39. The van der Waals surface area contributed by atoms with Gasteiger partial charge in [0.2, 0.25) is 11.8 Å². The van der Waals surface area contributed by atoms with Crippen LogP contribution in [-0.2, 0) is 16.1 Å². The molecule has 3 N–H and O–H groups in total. The summed E-state index contributed by atoms with van der Waals surface area (Å²) < 4.78 is 0. The number of fused-ring (bicyclic) bond motifs is 1. The third-order valence-corrected chi connectivity index (χ3v) is 4.77. The standard InChI is InChI=1S/C18H14N6O4/c19-6-10-7-20-23-15(10)17(27)21-11-1-2-12-9(5-11)8-24(18(12)28)13-3-4-14(25)22-16(13)26/h1-2,5,7,13H,3-4,8H2,(H,20,23)(H,21,27)(H,22,25,26). The van der Waals surface area contributed by atoms with Crippen LogP contribution in [0, 0.1) is 11.3 Å². The van der Waals surface area contributed by atoms with E-state index in [0.29, 0.717) is 16.8 Å². The van der Waals surface area contributed by atoms with E-state index >= 15 is 0 Å². The number of nitrogens with zero attached hydrogens (tertiary/aromatic N) is 3.